The third-order valence-electron chi connectivity index (χ3n) is 6.24. The predicted molar refractivity (Wildman–Crippen MR) is 158 cm³/mol. The lowest BCUT2D eigenvalue weighted by molar-refractivity contribution is -0.576. The Morgan fingerprint density at radius 2 is 1.47 bits per heavy atom. The summed E-state index contributed by atoms with van der Waals surface area (Å²) in [4.78, 5) is 31.7. The highest BCUT2D eigenvalue weighted by Crippen LogP contribution is 2.05. The van der Waals surface area contributed by atoms with Gasteiger partial charge < -0.3 is 27.4 Å². The molecule has 45 heavy (non-hydrogen) atoms. The van der Waals surface area contributed by atoms with Crippen LogP contribution in [-0.2, 0) is 40.3 Å². The molecule has 0 spiro atoms. The molecule has 252 valence electrons. The second-order valence-electron chi connectivity index (χ2n) is 10.2. The molecule has 3 atom stereocenters. The second kappa shape index (κ2) is 21.6. The summed E-state index contributed by atoms with van der Waals surface area (Å²) in [5.41, 5.74) is 18.5. The second-order valence-corrected chi connectivity index (χ2v) is 10.2. The highest BCUT2D eigenvalue weighted by Gasteiger charge is 2.21. The van der Waals surface area contributed by atoms with Crippen molar-refractivity contribution in [1.82, 2.24) is 30.0 Å². The summed E-state index contributed by atoms with van der Waals surface area (Å²) in [5, 5.41) is 40.1. The summed E-state index contributed by atoms with van der Waals surface area (Å²) in [6.45, 7) is 4.51. The molecule has 0 fully saturated rings. The number of carboxylic acid groups (broad SMARTS) is 2. The summed E-state index contributed by atoms with van der Waals surface area (Å²) in [5.74, 6) is -2.05. The van der Waals surface area contributed by atoms with Gasteiger partial charge in [-0.2, -0.15) is 4.70 Å². The molecular weight excluding hydrogens is 596 g/mol. The summed E-state index contributed by atoms with van der Waals surface area (Å²) in [6.07, 6.45) is 7.29. The number of hydrogen-bond acceptors (Lipinski definition) is 12. The fraction of sp³-hybridized carbons (Fsp3) is 0.692. The van der Waals surface area contributed by atoms with Crippen LogP contribution in [0.3, 0.4) is 0 Å². The molecule has 0 aliphatic carbocycles. The Morgan fingerprint density at radius 3 is 2.00 bits per heavy atom. The van der Waals surface area contributed by atoms with Crippen molar-refractivity contribution in [2.75, 3.05) is 26.4 Å². The monoisotopic (exact) mass is 641 g/mol. The van der Waals surface area contributed by atoms with E-state index in [0.29, 0.717) is 50.8 Å². The molecule has 17 nitrogen and oxygen atoms in total. The quantitative estimate of drug-likeness (QED) is 0.136. The first-order valence-corrected chi connectivity index (χ1v) is 14.5. The molecule has 0 saturated carbocycles. The molecule has 8 N–H and O–H groups in total. The Balaban J connectivity index is 0.000000338. The van der Waals surface area contributed by atoms with Gasteiger partial charge in [-0.3, -0.25) is 14.4 Å². The van der Waals surface area contributed by atoms with Crippen LogP contribution in [0.15, 0.2) is 22.7 Å². The standard InChI is InChI=1S/C9H15FN4O2.C9H16N4O2.C8H13FN4O/c10-4-5-14-6-7(12-13-14)2-1-3-8(11)9(15)16;1-2-5-13-6-7(11-12-13)3-4-8(10)9(14)15;1-6(14)8(10)4-7-5-13(3-2-9)12-11-7/h6,8H,1-5,11H2,(H,15,16);8H,2-6,10H2,1H3;5,8H,2-4,10H2,1H3/p+1/i10-1;;9-1. The van der Waals surface area contributed by atoms with Gasteiger partial charge in [-0.15, -0.1) is 10.2 Å². The van der Waals surface area contributed by atoms with Crippen molar-refractivity contribution in [2.24, 2.45) is 27.5 Å². The maximum Gasteiger partial charge on any atom is 0.320 e. The van der Waals surface area contributed by atoms with Crippen molar-refractivity contribution in [2.45, 2.75) is 90.0 Å². The third kappa shape index (κ3) is 16.5. The van der Waals surface area contributed by atoms with Crippen molar-refractivity contribution in [3.05, 3.63) is 23.8 Å². The zero-order valence-corrected chi connectivity index (χ0v) is 25.7. The van der Waals surface area contributed by atoms with Gasteiger partial charge in [-0.1, -0.05) is 17.4 Å². The average molecular weight is 642 g/mol. The maximum atomic E-state index is 12.0. The number of aromatic nitrogens is 6. The van der Waals surface area contributed by atoms with E-state index in [1.807, 2.05) is 4.70 Å². The van der Waals surface area contributed by atoms with Crippen molar-refractivity contribution in [1.29, 1.82) is 0 Å². The lowest BCUT2D eigenvalue weighted by atomic mass is 10.1. The number of nitrogens with zero attached hydrogens (tertiary/aromatic N) is 9. The van der Waals surface area contributed by atoms with Crippen molar-refractivity contribution in [3.63, 3.8) is 0 Å². The van der Waals surface area contributed by atoms with Gasteiger partial charge in [0.25, 0.3) is 0 Å². The van der Waals surface area contributed by atoms with Gasteiger partial charge in [0.1, 0.15) is 43.0 Å². The number of Topliss-reactive ketones (excluding diaryl/α,β-unsaturated/α-hetero) is 1. The highest BCUT2D eigenvalue weighted by atomic mass is 18.2. The summed E-state index contributed by atoms with van der Waals surface area (Å²) in [7, 11) is 0. The van der Waals surface area contributed by atoms with E-state index in [-0.39, 0.29) is 18.9 Å². The molecule has 0 aromatic carbocycles. The van der Waals surface area contributed by atoms with Crippen LogP contribution in [0.25, 0.3) is 0 Å². The summed E-state index contributed by atoms with van der Waals surface area (Å²) < 4.78 is 28.6. The van der Waals surface area contributed by atoms with Crippen LogP contribution in [0.1, 0.15) is 57.3 Å². The van der Waals surface area contributed by atoms with Crippen LogP contribution in [0.4, 0.5) is 8.78 Å². The minimum atomic E-state index is -0.999. The van der Waals surface area contributed by atoms with Gasteiger partial charge in [0, 0.05) is 25.2 Å². The van der Waals surface area contributed by atoms with Crippen LogP contribution in [0, 0.1) is 0 Å². The smallest absolute Gasteiger partial charge is 0.320 e. The van der Waals surface area contributed by atoms with E-state index in [1.165, 1.54) is 16.3 Å². The molecular formula is C26H45F2N12O5+. The van der Waals surface area contributed by atoms with E-state index in [0.717, 1.165) is 24.4 Å². The molecule has 1 aliphatic heterocycles. The van der Waals surface area contributed by atoms with E-state index in [9.17, 15) is 23.2 Å². The van der Waals surface area contributed by atoms with Gasteiger partial charge in [0.05, 0.1) is 35.6 Å². The Kier molecular flexibility index (Phi) is 18.7. The number of alkyl halides is 2. The zero-order valence-electron chi connectivity index (χ0n) is 25.7. The van der Waals surface area contributed by atoms with E-state index in [2.05, 4.69) is 37.9 Å². The molecule has 2 aromatic rings. The van der Waals surface area contributed by atoms with Gasteiger partial charge in [0.15, 0.2) is 6.54 Å². The molecule has 0 amide bonds. The first-order valence-electron chi connectivity index (χ1n) is 14.5. The molecule has 3 unspecified atom stereocenters. The molecule has 0 bridgehead atoms. The van der Waals surface area contributed by atoms with Crippen molar-refractivity contribution < 1.29 is 38.1 Å². The van der Waals surface area contributed by atoms with E-state index >= 15 is 0 Å². The molecule has 1 aliphatic rings. The van der Waals surface area contributed by atoms with E-state index in [1.54, 1.807) is 12.4 Å². The minimum absolute atomic E-state index is 0.0926. The largest absolute Gasteiger partial charge is 0.480 e. The van der Waals surface area contributed by atoms with Gasteiger partial charge in [0.2, 0.25) is 5.71 Å². The number of halogens is 2. The normalized spacial score (nSPS) is 14.2. The van der Waals surface area contributed by atoms with Gasteiger partial charge in [-0.25, -0.2) is 18.1 Å². The topological polar surface area (TPSA) is 259 Å². The lowest BCUT2D eigenvalue weighted by Crippen LogP contribution is -2.31. The maximum absolute atomic E-state index is 12.0. The molecule has 19 heteroatoms. The molecule has 0 saturated heterocycles. The predicted octanol–water partition coefficient (Wildman–Crippen LogP) is 0.111. The van der Waals surface area contributed by atoms with Crippen LogP contribution < -0.4 is 17.2 Å². The fourth-order valence-electron chi connectivity index (χ4n) is 3.63. The highest BCUT2D eigenvalue weighted by molar-refractivity contribution is 5.86. The number of carbonyl (C=O) groups is 3. The van der Waals surface area contributed by atoms with Crippen molar-refractivity contribution in [3.8, 4) is 0 Å². The average Bonchev–Trinajstić information content (AvgIpc) is 3.75. The minimum Gasteiger partial charge on any atom is -0.480 e. The number of carbonyl (C=O) groups excluding carboxylic acids is 1. The number of ketones is 1. The molecule has 2 aromatic heterocycles. The number of nitrogens with two attached hydrogens (primary N) is 3. The van der Waals surface area contributed by atoms with Crippen LogP contribution in [0.5, 0.6) is 0 Å². The fourth-order valence-corrected chi connectivity index (χ4v) is 3.63. The summed E-state index contributed by atoms with van der Waals surface area (Å²) in [6, 6.07) is -2.18. The summed E-state index contributed by atoms with van der Waals surface area (Å²) >= 11 is 0. The van der Waals surface area contributed by atoms with Crippen LogP contribution in [-0.4, -0.2) is 113 Å². The van der Waals surface area contributed by atoms with E-state index < -0.39 is 43.4 Å². The third-order valence-corrected chi connectivity index (χ3v) is 6.24. The van der Waals surface area contributed by atoms with Crippen LogP contribution in [0.2, 0.25) is 0 Å². The molecule has 3 rings (SSSR count). The number of carboxylic acids is 2. The number of rotatable bonds is 18. The lowest BCUT2D eigenvalue weighted by Gasteiger charge is -2.03. The number of aryl methyl sites for hydroxylation is 3. The van der Waals surface area contributed by atoms with Gasteiger partial charge >= 0.3 is 11.9 Å². The first kappa shape index (κ1) is 38.9. The molecule has 0 radical (unpaired) electrons. The zero-order chi connectivity index (χ0) is 33.8. The number of hydrogen-bond donors (Lipinski definition) is 5. The Bertz CT molecular complexity index is 1250. The first-order chi connectivity index (χ1) is 21.4. The number of aliphatic carboxylic acids is 2. The molecule has 3 heterocycles. The van der Waals surface area contributed by atoms with E-state index in [4.69, 9.17) is 27.4 Å². The Hall–Kier alpha value is -4.10. The Labute approximate surface area is 259 Å². The van der Waals surface area contributed by atoms with Gasteiger partial charge in [-0.05, 0) is 39.0 Å². The van der Waals surface area contributed by atoms with Crippen LogP contribution >= 0.6 is 0 Å². The Morgan fingerprint density at radius 1 is 0.911 bits per heavy atom. The van der Waals surface area contributed by atoms with Crippen molar-refractivity contribution >= 4 is 23.4 Å². The SMILES string of the molecule is CC(=O)C(N)Cc1cn(CC[18F])nn1.CCC[N+]1=NN=C(CCC(N)C(=O)O)C1.NC(CCCc1cn(CC[18F])nn1)C(=O)O.